The number of hydrogen-bond donors (Lipinski definition) is 1. The third kappa shape index (κ3) is 15.4. The molecule has 1 N–H and O–H groups in total. The Morgan fingerprint density at radius 1 is 0.463 bits per heavy atom. The number of hydrogen-bond acceptors (Lipinski definition) is 1. The Kier molecular flexibility index (Phi) is 11.9. The van der Waals surface area contributed by atoms with Crippen LogP contribution >= 0.6 is 53.3 Å². The Labute approximate surface area is 315 Å². The zero-order chi connectivity index (χ0) is 41.8. The van der Waals surface area contributed by atoms with Gasteiger partial charge in [0.25, 0.3) is 0 Å². The van der Waals surface area contributed by atoms with Crippen LogP contribution in [0.2, 0.25) is 0 Å². The van der Waals surface area contributed by atoms with Crippen LogP contribution in [0, 0.1) is 24.3 Å². The van der Waals surface area contributed by atoms with Crippen molar-refractivity contribution in [1.82, 2.24) is 0 Å². The van der Waals surface area contributed by atoms with Crippen LogP contribution in [0.4, 0.5) is 58.3 Å². The van der Waals surface area contributed by atoms with E-state index in [1.54, 1.807) is 0 Å². The van der Waals surface area contributed by atoms with Crippen LogP contribution in [0.3, 0.4) is 0 Å². The van der Waals surface area contributed by atoms with Crippen LogP contribution in [0.5, 0.6) is 5.75 Å². The standard InChI is InChI=1S/C16H18.C6H4F5IS.C6H5F5OS.C6H5F5S/c1-12-9-13(2)16(14(3)10-12)11-15-7-5-4-6-8-15;2*7-13(8,9,10,11)6-4-2-1-3-5(6)12;7-12(8,9,10,11)6-4-2-1-3-5-6/h4-10H,11H2,1-3H3;1-4H;1-4,12H;1-5H. The molecule has 54 heavy (non-hydrogen) atoms. The van der Waals surface area contributed by atoms with Gasteiger partial charge in [-0.05, 0) is 108 Å². The van der Waals surface area contributed by atoms with Gasteiger partial charge in [-0.25, -0.2) is 0 Å². The first kappa shape index (κ1) is 46.8. The summed E-state index contributed by atoms with van der Waals surface area (Å²) in [4.78, 5) is -5.91. The van der Waals surface area contributed by atoms with Crippen molar-refractivity contribution in [3.8, 4) is 5.75 Å². The van der Waals surface area contributed by atoms with E-state index in [9.17, 15) is 58.3 Å². The third-order valence-corrected chi connectivity index (χ3v) is 11.6. The van der Waals surface area contributed by atoms with Gasteiger partial charge in [-0.2, -0.15) is 0 Å². The molecule has 0 aliphatic rings. The lowest BCUT2D eigenvalue weighted by Gasteiger charge is -2.41. The highest BCUT2D eigenvalue weighted by Gasteiger charge is 2.67. The highest BCUT2D eigenvalue weighted by Crippen LogP contribution is 3.04. The first-order valence-corrected chi connectivity index (χ1v) is 21.6. The van der Waals surface area contributed by atoms with E-state index in [4.69, 9.17) is 5.11 Å². The second-order valence-corrected chi connectivity index (χ2v) is 20.0. The van der Waals surface area contributed by atoms with Crippen LogP contribution in [0.25, 0.3) is 0 Å². The average Bonchev–Trinajstić information content (AvgIpc) is 2.98. The lowest BCUT2D eigenvalue weighted by atomic mass is 9.94. The van der Waals surface area contributed by atoms with Crippen molar-refractivity contribution in [3.05, 3.63) is 153 Å². The minimum atomic E-state index is -9.73. The van der Waals surface area contributed by atoms with Crippen molar-refractivity contribution in [2.75, 3.05) is 0 Å². The zero-order valence-electron chi connectivity index (χ0n) is 28.0. The maximum atomic E-state index is 12.2. The fourth-order valence-corrected chi connectivity index (χ4v) is 8.39. The lowest BCUT2D eigenvalue weighted by molar-refractivity contribution is 0.351. The largest absolute Gasteiger partial charge is 0.506 e. The predicted octanol–water partition coefficient (Wildman–Crippen LogP) is 17.5. The Morgan fingerprint density at radius 3 is 1.17 bits per heavy atom. The Balaban J connectivity index is 0.000000251. The monoisotopic (exact) mass is 964 g/mol. The summed E-state index contributed by atoms with van der Waals surface area (Å²) >= 11 is 1.24. The van der Waals surface area contributed by atoms with Crippen molar-refractivity contribution >= 4 is 53.3 Å². The molecule has 1 nitrogen and oxygen atoms in total. The van der Waals surface area contributed by atoms with Crippen molar-refractivity contribution in [3.63, 3.8) is 0 Å². The molecule has 0 radical (unpaired) electrons. The zero-order valence-corrected chi connectivity index (χ0v) is 32.6. The molecule has 0 bridgehead atoms. The van der Waals surface area contributed by atoms with E-state index < -0.39 is 54.7 Å². The summed E-state index contributed by atoms with van der Waals surface area (Å²) in [5.41, 5.74) is 7.02. The highest BCUT2D eigenvalue weighted by atomic mass is 127. The smallest absolute Gasteiger partial charge is 0.313 e. The molecule has 20 heteroatoms. The molecular formula is C34H32F15IOS3. The topological polar surface area (TPSA) is 20.2 Å². The SMILES string of the molecule is Cc1cc(C)c(Cc2ccccc2)c(C)c1.FS(F)(F)(F)(F)c1ccccc1.FS(F)(F)(F)(F)c1ccccc1I.Oc1ccccc1S(F)(F)(F)(F)F. The molecule has 0 heterocycles. The van der Waals surface area contributed by atoms with E-state index in [0.717, 1.165) is 42.8 Å². The van der Waals surface area contributed by atoms with Gasteiger partial charge in [0.05, 0.1) is 0 Å². The third-order valence-electron chi connectivity index (χ3n) is 6.79. The number of benzene rings is 5. The lowest BCUT2D eigenvalue weighted by Crippen LogP contribution is -2.07. The van der Waals surface area contributed by atoms with E-state index in [1.807, 2.05) is 0 Å². The maximum Gasteiger partial charge on any atom is 0.313 e. The summed E-state index contributed by atoms with van der Waals surface area (Å²) in [7, 11) is -28.6. The molecule has 5 rings (SSSR count). The second-order valence-electron chi connectivity index (χ2n) is 11.7. The van der Waals surface area contributed by atoms with E-state index in [-0.39, 0.29) is 6.07 Å². The maximum absolute atomic E-state index is 12.2. The highest BCUT2D eigenvalue weighted by molar-refractivity contribution is 14.1. The van der Waals surface area contributed by atoms with Gasteiger partial charge in [-0.15, -0.1) is 0 Å². The number of rotatable bonds is 5. The first-order chi connectivity index (χ1) is 23.8. The normalized spacial score (nSPS) is 15.6. The van der Waals surface area contributed by atoms with E-state index >= 15 is 0 Å². The summed E-state index contributed by atoms with van der Waals surface area (Å²) in [5.74, 6) is -1.46. The van der Waals surface area contributed by atoms with Gasteiger partial charge in [0.15, 0.2) is 0 Å². The Morgan fingerprint density at radius 2 is 0.833 bits per heavy atom. The molecule has 304 valence electrons. The molecule has 0 saturated carbocycles. The van der Waals surface area contributed by atoms with Gasteiger partial charge in [0.1, 0.15) is 20.4 Å². The van der Waals surface area contributed by atoms with Crippen LogP contribution in [0.1, 0.15) is 27.8 Å². The van der Waals surface area contributed by atoms with Crippen LogP contribution in [-0.4, -0.2) is 5.11 Å². The molecule has 0 amide bonds. The summed E-state index contributed by atoms with van der Waals surface area (Å²) in [6, 6.07) is 25.1. The second kappa shape index (κ2) is 13.7. The fourth-order valence-electron chi connectivity index (χ4n) is 4.51. The molecule has 0 atom stereocenters. The van der Waals surface area contributed by atoms with Crippen molar-refractivity contribution in [1.29, 1.82) is 0 Å². The molecule has 0 aliphatic heterocycles. The number of para-hydroxylation sites is 1. The van der Waals surface area contributed by atoms with E-state index in [2.05, 4.69) is 63.2 Å². The molecule has 0 spiro atoms. The van der Waals surface area contributed by atoms with Gasteiger partial charge < -0.3 is 5.11 Å². The molecule has 0 unspecified atom stereocenters. The van der Waals surface area contributed by atoms with Gasteiger partial charge in [-0.1, -0.05) is 149 Å². The van der Waals surface area contributed by atoms with Crippen molar-refractivity contribution < 1.29 is 63.4 Å². The van der Waals surface area contributed by atoms with Gasteiger partial charge in [0.2, 0.25) is 0 Å². The number of aromatic hydroxyl groups is 1. The van der Waals surface area contributed by atoms with Gasteiger partial charge in [0, 0.05) is 3.57 Å². The predicted molar refractivity (Wildman–Crippen MR) is 198 cm³/mol. The fraction of sp³-hybridized carbons (Fsp3) is 0.118. The van der Waals surface area contributed by atoms with Crippen LogP contribution < -0.4 is 0 Å². The Hall–Kier alpha value is -3.37. The molecular weight excluding hydrogens is 932 g/mol. The quantitative estimate of drug-likeness (QED) is 0.137. The van der Waals surface area contributed by atoms with Gasteiger partial charge >= 0.3 is 30.7 Å². The molecule has 0 aromatic heterocycles. The molecule has 0 fully saturated rings. The number of phenols is 1. The van der Waals surface area contributed by atoms with E-state index in [1.165, 1.54) is 62.5 Å². The number of aryl methyl sites for hydroxylation is 3. The van der Waals surface area contributed by atoms with Crippen LogP contribution in [0.15, 0.2) is 136 Å². The first-order valence-electron chi connectivity index (χ1n) is 14.7. The van der Waals surface area contributed by atoms with Crippen molar-refractivity contribution in [2.24, 2.45) is 0 Å². The molecule has 5 aromatic carbocycles. The Bertz CT molecular complexity index is 1990. The summed E-state index contributed by atoms with van der Waals surface area (Å²) in [6.45, 7) is 6.57. The van der Waals surface area contributed by atoms with E-state index in [0.29, 0.717) is 24.3 Å². The molecule has 0 aliphatic carbocycles. The average molecular weight is 965 g/mol. The number of phenolic OH excluding ortho intramolecular Hbond substituents is 1. The number of halogens is 16. The minimum absolute atomic E-state index is 0.150. The molecule has 5 aromatic rings. The minimum Gasteiger partial charge on any atom is -0.506 e. The summed E-state index contributed by atoms with van der Waals surface area (Å²) < 4.78 is 181. The molecule has 0 saturated heterocycles. The van der Waals surface area contributed by atoms with Gasteiger partial charge in [-0.3, -0.25) is 0 Å². The summed E-state index contributed by atoms with van der Waals surface area (Å²) in [5, 5.41) is 8.61. The van der Waals surface area contributed by atoms with Crippen molar-refractivity contribution in [2.45, 2.75) is 41.9 Å². The van der Waals surface area contributed by atoms with Crippen LogP contribution in [-0.2, 0) is 6.42 Å². The summed E-state index contributed by atoms with van der Waals surface area (Å²) in [6.07, 6.45) is 1.04.